The number of amides is 1. The van der Waals surface area contributed by atoms with E-state index in [1.807, 2.05) is 47.4 Å². The van der Waals surface area contributed by atoms with Crippen molar-refractivity contribution in [3.8, 4) is 5.75 Å². The molecular weight excluding hydrogens is 772 g/mol. The predicted molar refractivity (Wildman–Crippen MR) is 227 cm³/mol. The van der Waals surface area contributed by atoms with Gasteiger partial charge in [-0.3, -0.25) is 14.6 Å². The standard InChI is InChI=1S/C25H34N4O2.C16H15Cl2N.3ClH/c1-31-23-12-6-5-11-22(23)28-18-15-27(16-19-28)17-20-29(24-13-7-8-14-26-24)25(30)21-9-3-2-4-10-21;17-14-7-5-10(9-15(14)18)11-6-8-16(19)13-4-2-1-3-12(11)13;;;/h5-8,11-14,21H,2-4,9-10,15-20H2,1H3;1-5,7,9,11,16H,6,8,19H2;3*1H/t;11-,16+;;;/m.0.../s1. The molecule has 288 valence electrons. The molecule has 2 N–H and O–H groups in total. The molecule has 2 heterocycles. The maximum Gasteiger partial charge on any atom is 0.231 e. The minimum absolute atomic E-state index is 0. The van der Waals surface area contributed by atoms with E-state index in [0.29, 0.717) is 22.5 Å². The second kappa shape index (κ2) is 22.0. The van der Waals surface area contributed by atoms with Crippen LogP contribution < -0.4 is 20.3 Å². The highest BCUT2D eigenvalue weighted by Crippen LogP contribution is 2.41. The van der Waals surface area contributed by atoms with Gasteiger partial charge in [-0.15, -0.1) is 37.2 Å². The molecular formula is C41H52Cl5N5O2. The molecule has 1 saturated carbocycles. The predicted octanol–water partition coefficient (Wildman–Crippen LogP) is 10.0. The van der Waals surface area contributed by atoms with Gasteiger partial charge in [-0.25, -0.2) is 4.98 Å². The van der Waals surface area contributed by atoms with Gasteiger partial charge in [0.1, 0.15) is 11.6 Å². The van der Waals surface area contributed by atoms with E-state index in [-0.39, 0.29) is 55.1 Å². The molecule has 2 aliphatic carbocycles. The Morgan fingerprint density at radius 1 is 0.811 bits per heavy atom. The van der Waals surface area contributed by atoms with E-state index in [1.54, 1.807) is 13.3 Å². The summed E-state index contributed by atoms with van der Waals surface area (Å²) in [7, 11) is 1.73. The summed E-state index contributed by atoms with van der Waals surface area (Å²) in [5.74, 6) is 2.48. The molecule has 0 bridgehead atoms. The zero-order chi connectivity index (χ0) is 34.9. The van der Waals surface area contributed by atoms with E-state index >= 15 is 0 Å². The number of rotatable bonds is 8. The molecule has 2 fully saturated rings. The number of piperazine rings is 1. The number of anilines is 2. The maximum absolute atomic E-state index is 13.3. The van der Waals surface area contributed by atoms with Crippen LogP contribution in [-0.4, -0.2) is 62.2 Å². The van der Waals surface area contributed by atoms with Crippen molar-refractivity contribution in [3.05, 3.63) is 118 Å². The van der Waals surface area contributed by atoms with Crippen molar-refractivity contribution in [2.45, 2.75) is 56.9 Å². The Hall–Kier alpha value is -2.75. The van der Waals surface area contributed by atoms with Crippen LogP contribution in [-0.2, 0) is 4.79 Å². The van der Waals surface area contributed by atoms with Crippen molar-refractivity contribution in [2.75, 3.05) is 56.2 Å². The fraction of sp³-hybridized carbons (Fsp3) is 0.415. The lowest BCUT2D eigenvalue weighted by atomic mass is 9.77. The number of pyridine rings is 1. The third-order valence-electron chi connectivity index (χ3n) is 10.5. The van der Waals surface area contributed by atoms with Crippen LogP contribution in [0.25, 0.3) is 0 Å². The molecule has 3 aliphatic rings. The first kappa shape index (κ1) is 44.6. The van der Waals surface area contributed by atoms with Crippen molar-refractivity contribution in [3.63, 3.8) is 0 Å². The largest absolute Gasteiger partial charge is 0.495 e. The summed E-state index contributed by atoms with van der Waals surface area (Å²) in [5, 5.41) is 1.22. The van der Waals surface area contributed by atoms with Gasteiger partial charge in [0.05, 0.1) is 22.8 Å². The molecule has 0 radical (unpaired) electrons. The number of methoxy groups -OCH3 is 1. The van der Waals surface area contributed by atoms with Crippen molar-refractivity contribution < 1.29 is 9.53 Å². The summed E-state index contributed by atoms with van der Waals surface area (Å²) in [6.45, 7) is 5.44. The van der Waals surface area contributed by atoms with Crippen LogP contribution in [0.15, 0.2) is 91.1 Å². The summed E-state index contributed by atoms with van der Waals surface area (Å²) in [6.07, 6.45) is 9.44. The van der Waals surface area contributed by atoms with E-state index in [9.17, 15) is 4.79 Å². The van der Waals surface area contributed by atoms with Crippen LogP contribution in [0.4, 0.5) is 11.5 Å². The summed E-state index contributed by atoms with van der Waals surface area (Å²) in [6, 6.07) is 28.5. The summed E-state index contributed by atoms with van der Waals surface area (Å²) in [5.41, 5.74) is 11.1. The molecule has 53 heavy (non-hydrogen) atoms. The molecule has 1 aromatic heterocycles. The fourth-order valence-electron chi connectivity index (χ4n) is 7.66. The SMILES string of the molecule is COc1ccccc1N1CCN(CCN(C(=O)C2CCCCC2)c2ccccn2)CC1.Cl.Cl.Cl.N[C@@H]1CC[C@@H](c2ccc(Cl)c(Cl)c2)c2ccccc21. The monoisotopic (exact) mass is 821 g/mol. The zero-order valence-electron chi connectivity index (χ0n) is 30.2. The van der Waals surface area contributed by atoms with Gasteiger partial charge in [0.2, 0.25) is 5.91 Å². The number of hydrogen-bond donors (Lipinski definition) is 1. The Labute approximate surface area is 343 Å². The first-order valence-electron chi connectivity index (χ1n) is 18.0. The van der Waals surface area contributed by atoms with Crippen LogP contribution in [0, 0.1) is 5.92 Å². The third kappa shape index (κ3) is 11.4. The lowest BCUT2D eigenvalue weighted by Crippen LogP contribution is -2.50. The van der Waals surface area contributed by atoms with Gasteiger partial charge in [0.15, 0.2) is 0 Å². The molecule has 1 saturated heterocycles. The fourth-order valence-corrected chi connectivity index (χ4v) is 7.97. The van der Waals surface area contributed by atoms with E-state index < -0.39 is 0 Å². The minimum Gasteiger partial charge on any atom is -0.495 e. The second-order valence-corrected chi connectivity index (χ2v) is 14.4. The van der Waals surface area contributed by atoms with E-state index in [2.05, 4.69) is 57.2 Å². The van der Waals surface area contributed by atoms with Crippen molar-refractivity contribution >= 4 is 77.8 Å². The van der Waals surface area contributed by atoms with Gasteiger partial charge < -0.3 is 15.4 Å². The van der Waals surface area contributed by atoms with Gasteiger partial charge in [0.25, 0.3) is 0 Å². The van der Waals surface area contributed by atoms with Gasteiger partial charge in [-0.05, 0) is 78.8 Å². The van der Waals surface area contributed by atoms with Crippen molar-refractivity contribution in [1.29, 1.82) is 0 Å². The number of fused-ring (bicyclic) bond motifs is 1. The summed E-state index contributed by atoms with van der Waals surface area (Å²) in [4.78, 5) is 24.6. The van der Waals surface area contributed by atoms with Crippen molar-refractivity contribution in [2.24, 2.45) is 11.7 Å². The van der Waals surface area contributed by atoms with Crippen LogP contribution >= 0.6 is 60.4 Å². The van der Waals surface area contributed by atoms with E-state index in [0.717, 1.165) is 88.5 Å². The van der Waals surface area contributed by atoms with Gasteiger partial charge in [-0.1, -0.05) is 91.0 Å². The second-order valence-electron chi connectivity index (χ2n) is 13.6. The number of nitrogens with two attached hydrogens (primary N) is 1. The Bertz CT molecular complexity index is 1700. The maximum atomic E-state index is 13.3. The minimum atomic E-state index is 0. The Balaban J connectivity index is 0.000000297. The molecule has 7 nitrogen and oxygen atoms in total. The number of carbonyl (C=O) groups excluding carboxylic acids is 1. The number of hydrogen-bond acceptors (Lipinski definition) is 6. The highest BCUT2D eigenvalue weighted by atomic mass is 35.5. The summed E-state index contributed by atoms with van der Waals surface area (Å²) >= 11 is 12.1. The Morgan fingerprint density at radius 3 is 2.17 bits per heavy atom. The summed E-state index contributed by atoms with van der Waals surface area (Å²) < 4.78 is 5.53. The van der Waals surface area contributed by atoms with Crippen LogP contribution in [0.2, 0.25) is 10.0 Å². The topological polar surface area (TPSA) is 74.9 Å². The number of carbonyl (C=O) groups is 1. The Kier molecular flexibility index (Phi) is 18.5. The molecule has 0 spiro atoms. The normalized spacial score (nSPS) is 18.5. The number of aromatic nitrogens is 1. The smallest absolute Gasteiger partial charge is 0.231 e. The molecule has 12 heteroatoms. The number of nitrogens with zero attached hydrogens (tertiary/aromatic N) is 4. The first-order valence-corrected chi connectivity index (χ1v) is 18.8. The van der Waals surface area contributed by atoms with E-state index in [4.69, 9.17) is 33.7 Å². The van der Waals surface area contributed by atoms with Gasteiger partial charge in [-0.2, -0.15) is 0 Å². The van der Waals surface area contributed by atoms with Gasteiger partial charge in [0, 0.05) is 63.3 Å². The number of para-hydroxylation sites is 2. The van der Waals surface area contributed by atoms with Crippen molar-refractivity contribution in [1.82, 2.24) is 9.88 Å². The highest BCUT2D eigenvalue weighted by molar-refractivity contribution is 6.42. The average molecular weight is 824 g/mol. The van der Waals surface area contributed by atoms with Crippen LogP contribution in [0.5, 0.6) is 5.75 Å². The quantitative estimate of drug-likeness (QED) is 0.191. The first-order chi connectivity index (χ1) is 24.4. The zero-order valence-corrected chi connectivity index (χ0v) is 34.2. The number of benzene rings is 3. The molecule has 0 unspecified atom stereocenters. The molecule has 1 amide bonds. The molecule has 1 aliphatic heterocycles. The van der Waals surface area contributed by atoms with Gasteiger partial charge >= 0.3 is 0 Å². The highest BCUT2D eigenvalue weighted by Gasteiger charge is 2.29. The van der Waals surface area contributed by atoms with Crippen LogP contribution in [0.3, 0.4) is 0 Å². The lowest BCUT2D eigenvalue weighted by molar-refractivity contribution is -0.123. The molecule has 7 rings (SSSR count). The third-order valence-corrected chi connectivity index (χ3v) is 11.2. The molecule has 2 atom stereocenters. The number of ether oxygens (including phenoxy) is 1. The Morgan fingerprint density at radius 2 is 1.49 bits per heavy atom. The molecule has 4 aromatic rings. The molecule has 3 aromatic carbocycles. The van der Waals surface area contributed by atoms with Crippen LogP contribution in [0.1, 0.15) is 73.6 Å². The van der Waals surface area contributed by atoms with E-state index in [1.165, 1.54) is 23.1 Å². The number of halogens is 5. The average Bonchev–Trinajstić information content (AvgIpc) is 3.17. The lowest BCUT2D eigenvalue weighted by Gasteiger charge is -2.37.